The van der Waals surface area contributed by atoms with E-state index < -0.39 is 11.5 Å². The Balaban J connectivity index is 2.33. The van der Waals surface area contributed by atoms with E-state index in [0.29, 0.717) is 25.2 Å². The van der Waals surface area contributed by atoms with Crippen molar-refractivity contribution < 1.29 is 14.7 Å². The molecular weight excluding hydrogens is 270 g/mol. The van der Waals surface area contributed by atoms with Crippen molar-refractivity contribution in [2.75, 3.05) is 18.0 Å². The summed E-state index contributed by atoms with van der Waals surface area (Å²) in [5.74, 6) is -1.08. The van der Waals surface area contributed by atoms with Gasteiger partial charge in [-0.2, -0.15) is 0 Å². The number of pyridine rings is 1. The molecule has 0 bridgehead atoms. The fraction of sp³-hybridized carbons (Fsp3) is 0.533. The number of amides is 1. The number of carbonyl (C=O) groups excluding carboxylic acids is 1. The highest BCUT2D eigenvalue weighted by molar-refractivity contribution is 5.93. The van der Waals surface area contributed by atoms with Gasteiger partial charge in [0.2, 0.25) is 0 Å². The summed E-state index contributed by atoms with van der Waals surface area (Å²) in [4.78, 5) is 29.4. The third-order valence-corrected chi connectivity index (χ3v) is 3.98. The van der Waals surface area contributed by atoms with Crippen LogP contribution in [0, 0.1) is 0 Å². The molecule has 6 heteroatoms. The van der Waals surface area contributed by atoms with Gasteiger partial charge in [0.25, 0.3) is 5.91 Å². The zero-order chi connectivity index (χ0) is 15.5. The molecule has 1 aliphatic heterocycles. The quantitative estimate of drug-likeness (QED) is 0.881. The first-order valence-electron chi connectivity index (χ1n) is 7.24. The van der Waals surface area contributed by atoms with E-state index in [1.807, 2.05) is 11.8 Å². The summed E-state index contributed by atoms with van der Waals surface area (Å²) in [6.07, 6.45) is 3.99. The van der Waals surface area contributed by atoms with Crippen LogP contribution in [0.1, 0.15) is 43.6 Å². The summed E-state index contributed by atoms with van der Waals surface area (Å²) in [6.45, 7) is 4.78. The van der Waals surface area contributed by atoms with Crippen LogP contribution in [0.2, 0.25) is 0 Å². The number of aromatic nitrogens is 1. The van der Waals surface area contributed by atoms with Crippen molar-refractivity contribution in [3.05, 3.63) is 24.0 Å². The lowest BCUT2D eigenvalue weighted by Gasteiger charge is -2.43. The standard InChI is InChI=1S/C15H21N3O3/c1-3-16-13(19)12-10-11(6-8-17-12)18-9-5-4-7-15(18,2)14(20)21/h6,8,10H,3-5,7,9H2,1-2H3,(H,16,19)(H,20,21). The summed E-state index contributed by atoms with van der Waals surface area (Å²) in [5, 5.41) is 12.3. The van der Waals surface area contributed by atoms with Crippen molar-refractivity contribution in [3.63, 3.8) is 0 Å². The summed E-state index contributed by atoms with van der Waals surface area (Å²) in [5.41, 5.74) is 0.112. The molecule has 114 valence electrons. The molecule has 0 aliphatic carbocycles. The minimum Gasteiger partial charge on any atom is -0.480 e. The van der Waals surface area contributed by atoms with E-state index in [1.54, 1.807) is 25.3 Å². The molecular formula is C15H21N3O3. The number of nitrogens with one attached hydrogen (secondary N) is 1. The number of hydrogen-bond donors (Lipinski definition) is 2. The molecule has 2 heterocycles. The van der Waals surface area contributed by atoms with Crippen LogP contribution in [-0.4, -0.2) is 40.6 Å². The Bertz CT molecular complexity index is 547. The van der Waals surface area contributed by atoms with Gasteiger partial charge in [0, 0.05) is 25.0 Å². The predicted molar refractivity (Wildman–Crippen MR) is 79.5 cm³/mol. The van der Waals surface area contributed by atoms with Gasteiger partial charge in [0.05, 0.1) is 0 Å². The van der Waals surface area contributed by atoms with E-state index in [0.717, 1.165) is 18.5 Å². The van der Waals surface area contributed by atoms with Crippen molar-refractivity contribution in [1.82, 2.24) is 10.3 Å². The largest absolute Gasteiger partial charge is 0.480 e. The molecule has 21 heavy (non-hydrogen) atoms. The van der Waals surface area contributed by atoms with Crippen molar-refractivity contribution in [1.29, 1.82) is 0 Å². The van der Waals surface area contributed by atoms with Crippen molar-refractivity contribution in [2.24, 2.45) is 0 Å². The summed E-state index contributed by atoms with van der Waals surface area (Å²) >= 11 is 0. The van der Waals surface area contributed by atoms with Crippen LogP contribution in [-0.2, 0) is 4.79 Å². The second kappa shape index (κ2) is 6.11. The maximum absolute atomic E-state index is 11.9. The van der Waals surface area contributed by atoms with Gasteiger partial charge in [-0.05, 0) is 45.2 Å². The maximum Gasteiger partial charge on any atom is 0.329 e. The topological polar surface area (TPSA) is 82.5 Å². The van der Waals surface area contributed by atoms with Gasteiger partial charge in [-0.25, -0.2) is 4.79 Å². The van der Waals surface area contributed by atoms with Crippen LogP contribution in [0.4, 0.5) is 5.69 Å². The first-order valence-corrected chi connectivity index (χ1v) is 7.24. The van der Waals surface area contributed by atoms with Gasteiger partial charge < -0.3 is 15.3 Å². The highest BCUT2D eigenvalue weighted by Crippen LogP contribution is 2.33. The highest BCUT2D eigenvalue weighted by atomic mass is 16.4. The molecule has 0 aromatic carbocycles. The molecule has 0 spiro atoms. The van der Waals surface area contributed by atoms with Gasteiger partial charge in [0.15, 0.2) is 0 Å². The lowest BCUT2D eigenvalue weighted by atomic mass is 9.88. The Morgan fingerprint density at radius 2 is 2.24 bits per heavy atom. The summed E-state index contributed by atoms with van der Waals surface area (Å²) in [6, 6.07) is 3.42. The van der Waals surface area contributed by atoms with E-state index in [9.17, 15) is 14.7 Å². The molecule has 1 aromatic rings. The lowest BCUT2D eigenvalue weighted by Crippen LogP contribution is -2.55. The number of nitrogens with zero attached hydrogens (tertiary/aromatic N) is 2. The zero-order valence-electron chi connectivity index (χ0n) is 12.4. The first-order chi connectivity index (χ1) is 9.99. The van der Waals surface area contributed by atoms with E-state index in [1.165, 1.54) is 0 Å². The molecule has 2 N–H and O–H groups in total. The van der Waals surface area contributed by atoms with Gasteiger partial charge in [-0.1, -0.05) is 0 Å². The lowest BCUT2D eigenvalue weighted by molar-refractivity contribution is -0.143. The van der Waals surface area contributed by atoms with Crippen LogP contribution >= 0.6 is 0 Å². The van der Waals surface area contributed by atoms with Gasteiger partial charge in [-0.3, -0.25) is 9.78 Å². The highest BCUT2D eigenvalue weighted by Gasteiger charge is 2.41. The van der Waals surface area contributed by atoms with E-state index >= 15 is 0 Å². The molecule has 0 saturated carbocycles. The molecule has 6 nitrogen and oxygen atoms in total. The van der Waals surface area contributed by atoms with Gasteiger partial charge >= 0.3 is 5.97 Å². The average Bonchev–Trinajstić information content (AvgIpc) is 2.48. The Morgan fingerprint density at radius 3 is 2.90 bits per heavy atom. The van der Waals surface area contributed by atoms with Gasteiger partial charge in [0.1, 0.15) is 11.2 Å². The Morgan fingerprint density at radius 1 is 1.48 bits per heavy atom. The number of carbonyl (C=O) groups is 2. The Labute approximate surface area is 124 Å². The van der Waals surface area contributed by atoms with Crippen LogP contribution in [0.15, 0.2) is 18.3 Å². The SMILES string of the molecule is CCNC(=O)c1cc(N2CCCCC2(C)C(=O)O)ccn1. The minimum absolute atomic E-state index is 0.242. The zero-order valence-corrected chi connectivity index (χ0v) is 12.4. The fourth-order valence-electron chi connectivity index (χ4n) is 2.72. The van der Waals surface area contributed by atoms with Crippen LogP contribution in [0.3, 0.4) is 0 Å². The summed E-state index contributed by atoms with van der Waals surface area (Å²) < 4.78 is 0. The van der Waals surface area contributed by atoms with E-state index in [4.69, 9.17) is 0 Å². The molecule has 1 atom stereocenters. The van der Waals surface area contributed by atoms with Crippen LogP contribution in [0.5, 0.6) is 0 Å². The predicted octanol–water partition coefficient (Wildman–Crippen LogP) is 1.66. The Kier molecular flexibility index (Phi) is 4.45. The van der Waals surface area contributed by atoms with Crippen LogP contribution < -0.4 is 10.2 Å². The van der Waals surface area contributed by atoms with E-state index in [-0.39, 0.29) is 5.91 Å². The average molecular weight is 291 g/mol. The number of anilines is 1. The monoisotopic (exact) mass is 291 g/mol. The molecule has 1 saturated heterocycles. The number of rotatable bonds is 4. The second-order valence-corrected chi connectivity index (χ2v) is 5.45. The molecule has 1 amide bonds. The number of hydrogen-bond acceptors (Lipinski definition) is 4. The van der Waals surface area contributed by atoms with Crippen molar-refractivity contribution in [2.45, 2.75) is 38.6 Å². The second-order valence-electron chi connectivity index (χ2n) is 5.45. The normalized spacial score (nSPS) is 21.9. The molecule has 1 unspecified atom stereocenters. The summed E-state index contributed by atoms with van der Waals surface area (Å²) in [7, 11) is 0. The van der Waals surface area contributed by atoms with Gasteiger partial charge in [-0.15, -0.1) is 0 Å². The molecule has 1 aliphatic rings. The molecule has 1 aromatic heterocycles. The molecule has 0 radical (unpaired) electrons. The molecule has 1 fully saturated rings. The number of carboxylic acid groups (broad SMARTS) is 1. The minimum atomic E-state index is -0.932. The number of aliphatic carboxylic acids is 1. The third-order valence-electron chi connectivity index (χ3n) is 3.98. The van der Waals surface area contributed by atoms with Crippen molar-refractivity contribution >= 4 is 17.6 Å². The first kappa shape index (κ1) is 15.3. The smallest absolute Gasteiger partial charge is 0.329 e. The molecule has 2 rings (SSSR count). The third kappa shape index (κ3) is 2.99. The maximum atomic E-state index is 11.9. The number of piperidine rings is 1. The Hall–Kier alpha value is -2.11. The number of carboxylic acids is 1. The van der Waals surface area contributed by atoms with Crippen molar-refractivity contribution in [3.8, 4) is 0 Å². The van der Waals surface area contributed by atoms with E-state index in [2.05, 4.69) is 10.3 Å². The fourth-order valence-corrected chi connectivity index (χ4v) is 2.72. The van der Waals surface area contributed by atoms with Crippen LogP contribution in [0.25, 0.3) is 0 Å².